The fourth-order valence-electron chi connectivity index (χ4n) is 2.24. The average Bonchev–Trinajstić information content (AvgIpc) is 2.26. The van der Waals surface area contributed by atoms with E-state index in [-0.39, 0.29) is 6.10 Å². The average molecular weight is 229 g/mol. The molecule has 0 amide bonds. The van der Waals surface area contributed by atoms with Crippen LogP contribution in [0, 0.1) is 0 Å². The standard InChI is InChI=1S/C12H27N3O/c1-4-15-7-5-11(6-8-15)13-9-12(16)10-14(2)3/h11-13,16H,4-10H2,1-3H3. The van der Waals surface area contributed by atoms with E-state index in [9.17, 15) is 5.11 Å². The van der Waals surface area contributed by atoms with E-state index in [4.69, 9.17) is 0 Å². The molecule has 1 unspecified atom stereocenters. The van der Waals surface area contributed by atoms with Crippen LogP contribution >= 0.6 is 0 Å². The molecule has 4 nitrogen and oxygen atoms in total. The molecule has 0 spiro atoms. The van der Waals surface area contributed by atoms with Crippen LogP contribution in [-0.4, -0.2) is 73.9 Å². The van der Waals surface area contributed by atoms with Gasteiger partial charge in [-0.1, -0.05) is 6.92 Å². The van der Waals surface area contributed by atoms with E-state index in [2.05, 4.69) is 17.1 Å². The first-order valence-corrected chi connectivity index (χ1v) is 6.40. The molecule has 0 aromatic heterocycles. The maximum atomic E-state index is 9.73. The molecule has 0 radical (unpaired) electrons. The monoisotopic (exact) mass is 229 g/mol. The van der Waals surface area contributed by atoms with Crippen LogP contribution < -0.4 is 5.32 Å². The summed E-state index contributed by atoms with van der Waals surface area (Å²) in [6, 6.07) is 0.597. The van der Waals surface area contributed by atoms with E-state index in [1.54, 1.807) is 0 Å². The van der Waals surface area contributed by atoms with Crippen LogP contribution in [0.5, 0.6) is 0 Å². The number of likely N-dealkylation sites (N-methyl/N-ethyl adjacent to an activating group) is 1. The number of aliphatic hydroxyl groups excluding tert-OH is 1. The molecule has 1 heterocycles. The van der Waals surface area contributed by atoms with Crippen molar-refractivity contribution in [1.29, 1.82) is 0 Å². The zero-order chi connectivity index (χ0) is 12.0. The summed E-state index contributed by atoms with van der Waals surface area (Å²) in [4.78, 5) is 4.50. The quantitative estimate of drug-likeness (QED) is 0.671. The van der Waals surface area contributed by atoms with Gasteiger partial charge in [0.05, 0.1) is 6.10 Å². The van der Waals surface area contributed by atoms with E-state index in [0.29, 0.717) is 6.04 Å². The Morgan fingerprint density at radius 3 is 2.50 bits per heavy atom. The predicted octanol–water partition coefficient (Wildman–Crippen LogP) is -0.0172. The Labute approximate surface area is 99.6 Å². The molecule has 96 valence electrons. The van der Waals surface area contributed by atoms with Gasteiger partial charge in [0.25, 0.3) is 0 Å². The summed E-state index contributed by atoms with van der Waals surface area (Å²) in [6.07, 6.45) is 2.17. The summed E-state index contributed by atoms with van der Waals surface area (Å²) in [5.74, 6) is 0. The van der Waals surface area contributed by atoms with Crippen molar-refractivity contribution in [2.45, 2.75) is 31.9 Å². The van der Waals surface area contributed by atoms with Crippen LogP contribution in [-0.2, 0) is 0 Å². The number of nitrogens with zero attached hydrogens (tertiary/aromatic N) is 2. The van der Waals surface area contributed by atoms with Gasteiger partial charge in [-0.25, -0.2) is 0 Å². The van der Waals surface area contributed by atoms with Gasteiger partial charge in [0, 0.05) is 19.1 Å². The van der Waals surface area contributed by atoms with Gasteiger partial charge in [-0.15, -0.1) is 0 Å². The third-order valence-corrected chi connectivity index (χ3v) is 3.25. The largest absolute Gasteiger partial charge is 0.390 e. The zero-order valence-corrected chi connectivity index (χ0v) is 10.9. The number of piperidine rings is 1. The highest BCUT2D eigenvalue weighted by molar-refractivity contribution is 4.77. The molecule has 1 saturated heterocycles. The first-order valence-electron chi connectivity index (χ1n) is 6.40. The summed E-state index contributed by atoms with van der Waals surface area (Å²) >= 11 is 0. The lowest BCUT2D eigenvalue weighted by Gasteiger charge is -2.32. The minimum atomic E-state index is -0.251. The van der Waals surface area contributed by atoms with Crippen LogP contribution in [0.25, 0.3) is 0 Å². The summed E-state index contributed by atoms with van der Waals surface area (Å²) in [5, 5.41) is 13.2. The third kappa shape index (κ3) is 5.25. The van der Waals surface area contributed by atoms with Gasteiger partial charge < -0.3 is 20.2 Å². The number of nitrogens with one attached hydrogen (secondary N) is 1. The minimum Gasteiger partial charge on any atom is -0.390 e. The molecule has 0 aromatic carbocycles. The molecule has 1 fully saturated rings. The molecule has 0 aromatic rings. The molecular weight excluding hydrogens is 202 g/mol. The van der Waals surface area contributed by atoms with E-state index < -0.39 is 0 Å². The Morgan fingerprint density at radius 2 is 2.00 bits per heavy atom. The van der Waals surface area contributed by atoms with Crippen LogP contribution in [0.15, 0.2) is 0 Å². The van der Waals surface area contributed by atoms with Crippen LogP contribution in [0.2, 0.25) is 0 Å². The molecule has 1 rings (SSSR count). The van der Waals surface area contributed by atoms with Crippen molar-refractivity contribution in [2.75, 3.05) is 46.8 Å². The van der Waals surface area contributed by atoms with Crippen molar-refractivity contribution < 1.29 is 5.11 Å². The molecule has 1 aliphatic heterocycles. The lowest BCUT2D eigenvalue weighted by molar-refractivity contribution is 0.123. The maximum absolute atomic E-state index is 9.73. The molecule has 0 aliphatic carbocycles. The van der Waals surface area contributed by atoms with Crippen molar-refractivity contribution in [3.63, 3.8) is 0 Å². The van der Waals surface area contributed by atoms with E-state index in [1.165, 1.54) is 25.9 Å². The normalized spacial score (nSPS) is 21.6. The number of rotatable bonds is 6. The number of aliphatic hydroxyl groups is 1. The van der Waals surface area contributed by atoms with Gasteiger partial charge in [0.2, 0.25) is 0 Å². The predicted molar refractivity (Wildman–Crippen MR) is 67.7 cm³/mol. The molecule has 4 heteroatoms. The van der Waals surface area contributed by atoms with Gasteiger partial charge in [0.15, 0.2) is 0 Å². The Hall–Kier alpha value is -0.160. The third-order valence-electron chi connectivity index (χ3n) is 3.25. The fourth-order valence-corrected chi connectivity index (χ4v) is 2.24. The van der Waals surface area contributed by atoms with E-state index in [1.807, 2.05) is 19.0 Å². The minimum absolute atomic E-state index is 0.251. The topological polar surface area (TPSA) is 38.7 Å². The van der Waals surface area contributed by atoms with Crippen molar-refractivity contribution >= 4 is 0 Å². The highest BCUT2D eigenvalue weighted by Crippen LogP contribution is 2.09. The van der Waals surface area contributed by atoms with Gasteiger partial charge in [-0.05, 0) is 46.6 Å². The second-order valence-electron chi connectivity index (χ2n) is 5.03. The Kier molecular flexibility index (Phi) is 6.28. The van der Waals surface area contributed by atoms with Crippen molar-refractivity contribution in [2.24, 2.45) is 0 Å². The molecule has 0 bridgehead atoms. The van der Waals surface area contributed by atoms with E-state index >= 15 is 0 Å². The van der Waals surface area contributed by atoms with Crippen molar-refractivity contribution in [3.8, 4) is 0 Å². The molecule has 2 N–H and O–H groups in total. The molecule has 1 atom stereocenters. The first-order chi connectivity index (χ1) is 7.61. The van der Waals surface area contributed by atoms with Crippen LogP contribution in [0.4, 0.5) is 0 Å². The first kappa shape index (κ1) is 13.9. The van der Waals surface area contributed by atoms with Gasteiger partial charge >= 0.3 is 0 Å². The van der Waals surface area contributed by atoms with Gasteiger partial charge in [-0.3, -0.25) is 0 Å². The van der Waals surface area contributed by atoms with E-state index in [0.717, 1.165) is 19.6 Å². The number of hydrogen-bond acceptors (Lipinski definition) is 4. The molecular formula is C12H27N3O. The maximum Gasteiger partial charge on any atom is 0.0791 e. The van der Waals surface area contributed by atoms with Gasteiger partial charge in [-0.2, -0.15) is 0 Å². The number of hydrogen-bond donors (Lipinski definition) is 2. The summed E-state index contributed by atoms with van der Waals surface area (Å²) < 4.78 is 0. The second kappa shape index (κ2) is 7.22. The highest BCUT2D eigenvalue weighted by atomic mass is 16.3. The second-order valence-corrected chi connectivity index (χ2v) is 5.03. The Morgan fingerprint density at radius 1 is 1.38 bits per heavy atom. The zero-order valence-electron chi connectivity index (χ0n) is 10.9. The SMILES string of the molecule is CCN1CCC(NCC(O)CN(C)C)CC1. The van der Waals surface area contributed by atoms with Crippen LogP contribution in [0.1, 0.15) is 19.8 Å². The highest BCUT2D eigenvalue weighted by Gasteiger charge is 2.18. The smallest absolute Gasteiger partial charge is 0.0791 e. The molecule has 1 aliphatic rings. The van der Waals surface area contributed by atoms with Gasteiger partial charge in [0.1, 0.15) is 0 Å². The summed E-state index contributed by atoms with van der Waals surface area (Å²) in [5.41, 5.74) is 0. The Balaban J connectivity index is 2.10. The summed E-state index contributed by atoms with van der Waals surface area (Å²) in [7, 11) is 3.98. The summed E-state index contributed by atoms with van der Waals surface area (Å²) in [6.45, 7) is 7.22. The lowest BCUT2D eigenvalue weighted by Crippen LogP contribution is -2.45. The van der Waals surface area contributed by atoms with Crippen molar-refractivity contribution in [1.82, 2.24) is 15.1 Å². The number of likely N-dealkylation sites (tertiary alicyclic amines) is 1. The fraction of sp³-hybridized carbons (Fsp3) is 1.00. The van der Waals surface area contributed by atoms with Crippen LogP contribution in [0.3, 0.4) is 0 Å². The lowest BCUT2D eigenvalue weighted by atomic mass is 10.0. The molecule has 0 saturated carbocycles. The molecule has 16 heavy (non-hydrogen) atoms. The Bertz CT molecular complexity index is 179. The van der Waals surface area contributed by atoms with Crippen molar-refractivity contribution in [3.05, 3.63) is 0 Å².